The van der Waals surface area contributed by atoms with E-state index in [-0.39, 0.29) is 6.03 Å². The molecule has 26 heavy (non-hydrogen) atoms. The van der Waals surface area contributed by atoms with Crippen LogP contribution in [0.4, 0.5) is 4.79 Å². The zero-order chi connectivity index (χ0) is 18.4. The second-order valence-electron chi connectivity index (χ2n) is 7.92. The summed E-state index contributed by atoms with van der Waals surface area (Å²) in [6, 6.07) is 9.37. The molecule has 0 radical (unpaired) electrons. The summed E-state index contributed by atoms with van der Waals surface area (Å²) >= 11 is 0. The van der Waals surface area contributed by atoms with Gasteiger partial charge in [0.1, 0.15) is 0 Å². The van der Waals surface area contributed by atoms with E-state index in [1.54, 1.807) is 0 Å². The number of hydrogen-bond donors (Lipinski definition) is 1. The van der Waals surface area contributed by atoms with Gasteiger partial charge in [-0.1, -0.05) is 24.3 Å². The Hall–Kier alpha value is -1.55. The summed E-state index contributed by atoms with van der Waals surface area (Å²) in [5, 5.41) is 3.23. The largest absolute Gasteiger partial charge is 0.335 e. The molecule has 2 amide bonds. The summed E-state index contributed by atoms with van der Waals surface area (Å²) < 4.78 is 0. The van der Waals surface area contributed by atoms with Crippen LogP contribution in [0.25, 0.3) is 0 Å². The predicted octanol–water partition coefficient (Wildman–Crippen LogP) is 4.05. The Morgan fingerprint density at radius 3 is 2.50 bits per heavy atom. The minimum Gasteiger partial charge on any atom is -0.335 e. The second-order valence-corrected chi connectivity index (χ2v) is 7.92. The first-order valence-electron chi connectivity index (χ1n) is 10.5. The number of fused-ring (bicyclic) bond motifs is 1. The number of nitrogens with zero attached hydrogens (tertiary/aromatic N) is 2. The fourth-order valence-corrected chi connectivity index (χ4v) is 4.48. The standard InChI is InChI=1S/C22H35N3O/c1-3-25(4-2)22(26)23-21-11-9-18(10-12-21)13-15-24-16-14-19-7-5-6-8-20(19)17-24/h5-8,18,21H,3-4,9-17H2,1-2H3,(H,23,26). The zero-order valence-corrected chi connectivity index (χ0v) is 16.5. The van der Waals surface area contributed by atoms with Gasteiger partial charge in [0, 0.05) is 32.2 Å². The van der Waals surface area contributed by atoms with Crippen molar-refractivity contribution in [3.05, 3.63) is 35.4 Å². The Bertz CT molecular complexity index is 577. The van der Waals surface area contributed by atoms with Gasteiger partial charge in [0.25, 0.3) is 0 Å². The normalized spacial score (nSPS) is 23.3. The average Bonchev–Trinajstić information content (AvgIpc) is 2.68. The molecule has 1 aromatic rings. The molecule has 4 nitrogen and oxygen atoms in total. The molecule has 2 aliphatic rings. The highest BCUT2D eigenvalue weighted by Gasteiger charge is 2.24. The molecule has 1 aliphatic heterocycles. The maximum atomic E-state index is 12.2. The average molecular weight is 358 g/mol. The minimum absolute atomic E-state index is 0.116. The fraction of sp³-hybridized carbons (Fsp3) is 0.682. The summed E-state index contributed by atoms with van der Waals surface area (Å²) in [6.07, 6.45) is 7.29. The Balaban J connectivity index is 1.36. The first-order valence-corrected chi connectivity index (χ1v) is 10.5. The van der Waals surface area contributed by atoms with Crippen molar-refractivity contribution in [1.29, 1.82) is 0 Å². The number of urea groups is 1. The van der Waals surface area contributed by atoms with E-state index in [9.17, 15) is 4.79 Å². The predicted molar refractivity (Wildman–Crippen MR) is 107 cm³/mol. The summed E-state index contributed by atoms with van der Waals surface area (Å²) in [5.41, 5.74) is 3.05. The quantitative estimate of drug-likeness (QED) is 0.834. The molecular formula is C22H35N3O. The van der Waals surface area contributed by atoms with Crippen molar-refractivity contribution in [3.8, 4) is 0 Å². The molecule has 0 aromatic heterocycles. The van der Waals surface area contributed by atoms with Gasteiger partial charge in [-0.3, -0.25) is 4.90 Å². The highest BCUT2D eigenvalue weighted by atomic mass is 16.2. The van der Waals surface area contributed by atoms with Gasteiger partial charge in [-0.25, -0.2) is 4.79 Å². The Morgan fingerprint density at radius 2 is 1.81 bits per heavy atom. The molecule has 4 heteroatoms. The van der Waals surface area contributed by atoms with E-state index in [0.717, 1.165) is 38.4 Å². The highest BCUT2D eigenvalue weighted by molar-refractivity contribution is 5.74. The van der Waals surface area contributed by atoms with Crippen molar-refractivity contribution in [1.82, 2.24) is 15.1 Å². The molecule has 0 bridgehead atoms. The first-order chi connectivity index (χ1) is 12.7. The number of carbonyl (C=O) groups excluding carboxylic acids is 1. The SMILES string of the molecule is CCN(CC)C(=O)NC1CCC(CCN2CCc3ccccc3C2)CC1. The van der Waals surface area contributed by atoms with Crippen LogP contribution < -0.4 is 5.32 Å². The van der Waals surface area contributed by atoms with E-state index in [0.29, 0.717) is 6.04 Å². The van der Waals surface area contributed by atoms with Gasteiger partial charge >= 0.3 is 6.03 Å². The molecule has 1 aliphatic carbocycles. The Morgan fingerprint density at radius 1 is 1.12 bits per heavy atom. The number of hydrogen-bond acceptors (Lipinski definition) is 2. The van der Waals surface area contributed by atoms with Gasteiger partial charge in [-0.2, -0.15) is 0 Å². The van der Waals surface area contributed by atoms with Crippen LogP contribution >= 0.6 is 0 Å². The molecule has 0 spiro atoms. The van der Waals surface area contributed by atoms with E-state index in [1.165, 1.54) is 49.9 Å². The molecule has 1 N–H and O–H groups in total. The van der Waals surface area contributed by atoms with Crippen LogP contribution in [0.2, 0.25) is 0 Å². The number of rotatable bonds is 6. The van der Waals surface area contributed by atoms with Gasteiger partial charge < -0.3 is 10.2 Å². The molecule has 144 valence electrons. The Kier molecular flexibility index (Phi) is 6.95. The lowest BCUT2D eigenvalue weighted by atomic mass is 9.84. The number of carbonyl (C=O) groups is 1. The monoisotopic (exact) mass is 357 g/mol. The molecule has 0 saturated heterocycles. The molecule has 1 saturated carbocycles. The molecular weight excluding hydrogens is 322 g/mol. The fourth-order valence-electron chi connectivity index (χ4n) is 4.48. The van der Waals surface area contributed by atoms with Gasteiger partial charge in [0.05, 0.1) is 0 Å². The topological polar surface area (TPSA) is 35.6 Å². The van der Waals surface area contributed by atoms with Crippen molar-refractivity contribution in [3.63, 3.8) is 0 Å². The van der Waals surface area contributed by atoms with Crippen LogP contribution in [0.15, 0.2) is 24.3 Å². The second kappa shape index (κ2) is 9.40. The van der Waals surface area contributed by atoms with Crippen LogP contribution in [-0.4, -0.2) is 48.1 Å². The van der Waals surface area contributed by atoms with Crippen molar-refractivity contribution in [2.75, 3.05) is 26.2 Å². The third kappa shape index (κ3) is 5.00. The van der Waals surface area contributed by atoms with E-state index in [2.05, 4.69) is 34.5 Å². The van der Waals surface area contributed by atoms with Crippen molar-refractivity contribution >= 4 is 6.03 Å². The van der Waals surface area contributed by atoms with Gasteiger partial charge in [0.15, 0.2) is 0 Å². The molecule has 1 aromatic carbocycles. The molecule has 1 fully saturated rings. The van der Waals surface area contributed by atoms with Crippen LogP contribution in [0.1, 0.15) is 57.1 Å². The van der Waals surface area contributed by atoms with Crippen molar-refractivity contribution in [2.24, 2.45) is 5.92 Å². The Labute approximate surface area is 158 Å². The number of benzene rings is 1. The zero-order valence-electron chi connectivity index (χ0n) is 16.5. The molecule has 0 unspecified atom stereocenters. The molecule has 1 heterocycles. The maximum Gasteiger partial charge on any atom is 0.317 e. The lowest BCUT2D eigenvalue weighted by molar-refractivity contribution is 0.184. The highest BCUT2D eigenvalue weighted by Crippen LogP contribution is 2.28. The third-order valence-electron chi connectivity index (χ3n) is 6.29. The van der Waals surface area contributed by atoms with E-state index < -0.39 is 0 Å². The maximum absolute atomic E-state index is 12.2. The summed E-state index contributed by atoms with van der Waals surface area (Å²) in [7, 11) is 0. The van der Waals surface area contributed by atoms with E-state index >= 15 is 0 Å². The molecule has 0 atom stereocenters. The van der Waals surface area contributed by atoms with Crippen molar-refractivity contribution < 1.29 is 4.79 Å². The number of amides is 2. The van der Waals surface area contributed by atoms with Gasteiger partial charge in [0.2, 0.25) is 0 Å². The van der Waals surface area contributed by atoms with Gasteiger partial charge in [-0.15, -0.1) is 0 Å². The molecule has 3 rings (SSSR count). The summed E-state index contributed by atoms with van der Waals surface area (Å²) in [5.74, 6) is 0.828. The summed E-state index contributed by atoms with van der Waals surface area (Å²) in [6.45, 7) is 9.19. The number of nitrogens with one attached hydrogen (secondary N) is 1. The summed E-state index contributed by atoms with van der Waals surface area (Å²) in [4.78, 5) is 16.7. The van der Waals surface area contributed by atoms with Crippen LogP contribution in [0.5, 0.6) is 0 Å². The lowest BCUT2D eigenvalue weighted by Crippen LogP contribution is -2.46. The third-order valence-corrected chi connectivity index (χ3v) is 6.29. The smallest absolute Gasteiger partial charge is 0.317 e. The van der Waals surface area contributed by atoms with Crippen molar-refractivity contribution in [2.45, 2.75) is 65.0 Å². The van der Waals surface area contributed by atoms with Crippen LogP contribution in [0, 0.1) is 5.92 Å². The first kappa shape index (κ1) is 19.2. The van der Waals surface area contributed by atoms with Crippen LogP contribution in [0.3, 0.4) is 0 Å². The minimum atomic E-state index is 0.116. The van der Waals surface area contributed by atoms with Gasteiger partial charge in [-0.05, 0) is 76.0 Å². The van der Waals surface area contributed by atoms with E-state index in [4.69, 9.17) is 0 Å². The van der Waals surface area contributed by atoms with E-state index in [1.807, 2.05) is 18.7 Å². The lowest BCUT2D eigenvalue weighted by Gasteiger charge is -2.33. The van der Waals surface area contributed by atoms with Crippen LogP contribution in [-0.2, 0) is 13.0 Å².